The molecule has 0 aromatic rings. The highest BCUT2D eigenvalue weighted by molar-refractivity contribution is 8.20. The third-order valence-corrected chi connectivity index (χ3v) is 5.77. The fourth-order valence-electron chi connectivity index (χ4n) is 1.45. The molecule has 0 fully saturated rings. The Morgan fingerprint density at radius 3 is 1.93 bits per heavy atom. The van der Waals surface area contributed by atoms with E-state index in [2.05, 4.69) is 13.2 Å². The van der Waals surface area contributed by atoms with Crippen molar-refractivity contribution in [3.8, 4) is 0 Å². The lowest BCUT2D eigenvalue weighted by molar-refractivity contribution is -0.139. The average Bonchev–Trinajstić information content (AvgIpc) is 2.54. The molecule has 27 heavy (non-hydrogen) atoms. The predicted molar refractivity (Wildman–Crippen MR) is 101 cm³/mol. The monoisotopic (exact) mass is 428 g/mol. The van der Waals surface area contributed by atoms with Gasteiger partial charge in [-0.15, -0.1) is 0 Å². The Morgan fingerprint density at radius 1 is 0.963 bits per heavy atom. The van der Waals surface area contributed by atoms with Crippen LogP contribution in [0.15, 0.2) is 24.3 Å². The molecule has 0 unspecified atom stereocenters. The van der Waals surface area contributed by atoms with Crippen LogP contribution in [0.4, 0.5) is 0 Å². The zero-order chi connectivity index (χ0) is 21.1. The maximum Gasteiger partial charge on any atom is 0.497 e. The van der Waals surface area contributed by atoms with Crippen molar-refractivity contribution in [3.63, 3.8) is 0 Å². The fraction of sp³-hybridized carbons (Fsp3) is 0.600. The maximum absolute atomic E-state index is 11.2. The molecular weight excluding hydrogens is 400 g/mol. The molecule has 158 valence electrons. The van der Waals surface area contributed by atoms with Gasteiger partial charge >= 0.3 is 20.7 Å². The summed E-state index contributed by atoms with van der Waals surface area (Å²) >= 11 is 0. The van der Waals surface area contributed by atoms with Crippen molar-refractivity contribution in [1.82, 2.24) is 0 Å². The zero-order valence-electron chi connectivity index (χ0n) is 15.5. The lowest BCUT2D eigenvalue weighted by Gasteiger charge is -2.27. The first-order valence-corrected chi connectivity index (χ1v) is 11.7. The molecule has 0 saturated heterocycles. The fourth-order valence-corrected chi connectivity index (χ4v) is 3.35. The van der Waals surface area contributed by atoms with Gasteiger partial charge in [-0.25, -0.2) is 9.59 Å². The molecule has 0 radical (unpaired) electrons. The van der Waals surface area contributed by atoms with Crippen LogP contribution in [0.2, 0.25) is 6.04 Å². The van der Waals surface area contributed by atoms with E-state index in [9.17, 15) is 28.3 Å². The van der Waals surface area contributed by atoms with Gasteiger partial charge in [0.1, 0.15) is 0 Å². The van der Waals surface area contributed by atoms with Crippen LogP contribution < -0.4 is 0 Å². The Balaban J connectivity index is 3.98. The molecular formula is C15H28O10SSi. The number of hydrogen-bond donors (Lipinski definition) is 4. The van der Waals surface area contributed by atoms with E-state index in [0.717, 1.165) is 0 Å². The van der Waals surface area contributed by atoms with E-state index >= 15 is 0 Å². The van der Waals surface area contributed by atoms with Crippen LogP contribution >= 0.6 is 10.9 Å². The van der Waals surface area contributed by atoms with E-state index in [0.29, 0.717) is 0 Å². The Kier molecular flexibility index (Phi) is 11.7. The van der Waals surface area contributed by atoms with E-state index in [1.54, 1.807) is 0 Å². The minimum absolute atomic E-state index is 0.0378. The van der Waals surface area contributed by atoms with Gasteiger partial charge in [0.25, 0.3) is 0 Å². The van der Waals surface area contributed by atoms with Crippen molar-refractivity contribution >= 4 is 31.6 Å². The van der Waals surface area contributed by atoms with Crippen LogP contribution in [0.5, 0.6) is 0 Å². The molecule has 10 nitrogen and oxygen atoms in total. The van der Waals surface area contributed by atoms with E-state index < -0.39 is 38.4 Å². The van der Waals surface area contributed by atoms with Gasteiger partial charge in [-0.2, -0.15) is 0 Å². The summed E-state index contributed by atoms with van der Waals surface area (Å²) in [6.07, 6.45) is 0.263. The van der Waals surface area contributed by atoms with Crippen molar-refractivity contribution < 1.29 is 46.4 Å². The van der Waals surface area contributed by atoms with Gasteiger partial charge < -0.3 is 32.6 Å². The molecule has 12 heteroatoms. The van der Waals surface area contributed by atoms with Gasteiger partial charge in [0.15, 0.2) is 6.79 Å². The van der Waals surface area contributed by atoms with Gasteiger partial charge in [0.2, 0.25) is 0 Å². The van der Waals surface area contributed by atoms with E-state index in [1.165, 1.54) is 13.8 Å². The van der Waals surface area contributed by atoms with Gasteiger partial charge in [-0.05, 0) is 26.7 Å². The van der Waals surface area contributed by atoms with E-state index in [4.69, 9.17) is 18.1 Å². The Morgan fingerprint density at radius 2 is 1.44 bits per heavy atom. The summed E-state index contributed by atoms with van der Waals surface area (Å²) < 4.78 is 38.5. The minimum atomic E-state index is -4.09. The molecule has 0 aromatic heterocycles. The molecule has 0 amide bonds. The standard InChI is InChI=1S/C15H28O10SSi/c1-12(2)14(16)22-7-5-9-26(18,19)24-11-25-27(20,21)10-6-8-23-15(17)13(3)4/h18-21H,1,3,5-11H2,2,4H3. The Hall–Kier alpha value is -1.25. The second kappa shape index (κ2) is 12.3. The van der Waals surface area contributed by atoms with Gasteiger partial charge in [-0.1, -0.05) is 13.2 Å². The second-order valence-electron chi connectivity index (χ2n) is 5.72. The first-order chi connectivity index (χ1) is 12.4. The SMILES string of the molecule is C=C(C)C(=O)OCCC[Si](O)(O)OCOS(O)(O)CCCOC(=O)C(=C)C. The average molecular weight is 429 g/mol. The van der Waals surface area contributed by atoms with Crippen LogP contribution in [-0.4, -0.2) is 65.2 Å². The third kappa shape index (κ3) is 13.5. The molecule has 0 saturated carbocycles. The van der Waals surface area contributed by atoms with Crippen LogP contribution in [-0.2, 0) is 27.7 Å². The lowest BCUT2D eigenvalue weighted by atomic mass is 10.4. The van der Waals surface area contributed by atoms with Crippen LogP contribution in [0, 0.1) is 0 Å². The molecule has 0 heterocycles. The van der Waals surface area contributed by atoms with Crippen molar-refractivity contribution in [2.24, 2.45) is 0 Å². The van der Waals surface area contributed by atoms with E-state index in [1.807, 2.05) is 0 Å². The molecule has 0 aliphatic heterocycles. The predicted octanol–water partition coefficient (Wildman–Crippen LogP) is 1.58. The first kappa shape index (κ1) is 25.7. The summed E-state index contributed by atoms with van der Waals surface area (Å²) in [6, 6.07) is -0.171. The van der Waals surface area contributed by atoms with Gasteiger partial charge in [0.05, 0.1) is 24.1 Å². The van der Waals surface area contributed by atoms with E-state index in [-0.39, 0.29) is 49.0 Å². The highest BCUT2D eigenvalue weighted by atomic mass is 32.3. The quantitative estimate of drug-likeness (QED) is 0.105. The Bertz CT molecular complexity index is 489. The molecule has 4 N–H and O–H groups in total. The van der Waals surface area contributed by atoms with Crippen LogP contribution in [0.3, 0.4) is 0 Å². The number of carbonyl (C=O) groups excluding carboxylic acids is 2. The van der Waals surface area contributed by atoms with Gasteiger partial charge in [-0.3, -0.25) is 4.18 Å². The second-order valence-corrected chi connectivity index (χ2v) is 9.86. The summed E-state index contributed by atoms with van der Waals surface area (Å²) in [5, 5.41) is 0. The van der Waals surface area contributed by atoms with Crippen LogP contribution in [0.1, 0.15) is 26.7 Å². The highest BCUT2D eigenvalue weighted by Crippen LogP contribution is 2.40. The summed E-state index contributed by atoms with van der Waals surface area (Å²) in [4.78, 5) is 41.8. The summed E-state index contributed by atoms with van der Waals surface area (Å²) in [6.45, 7) is 8.97. The smallest absolute Gasteiger partial charge is 0.462 e. The summed E-state index contributed by atoms with van der Waals surface area (Å²) in [7, 11) is -7.58. The summed E-state index contributed by atoms with van der Waals surface area (Å²) in [5.41, 5.74) is 0.462. The zero-order valence-corrected chi connectivity index (χ0v) is 17.3. The first-order valence-electron chi connectivity index (χ1n) is 8.00. The van der Waals surface area contributed by atoms with Gasteiger partial charge in [0, 0.05) is 22.9 Å². The van der Waals surface area contributed by atoms with Crippen LogP contribution in [0.25, 0.3) is 0 Å². The number of esters is 2. The van der Waals surface area contributed by atoms with Crippen molar-refractivity contribution in [3.05, 3.63) is 24.3 Å². The van der Waals surface area contributed by atoms with Crippen molar-refractivity contribution in [2.45, 2.75) is 32.7 Å². The maximum atomic E-state index is 11.2. The third-order valence-electron chi connectivity index (χ3n) is 2.89. The number of rotatable bonds is 14. The lowest BCUT2D eigenvalue weighted by Crippen LogP contribution is -2.40. The number of carbonyl (C=O) groups is 2. The molecule has 0 atom stereocenters. The highest BCUT2D eigenvalue weighted by Gasteiger charge is 2.33. The van der Waals surface area contributed by atoms with Crippen molar-refractivity contribution in [1.29, 1.82) is 0 Å². The molecule has 0 bridgehead atoms. The molecule has 0 aliphatic carbocycles. The largest absolute Gasteiger partial charge is 0.497 e. The molecule has 0 aromatic carbocycles. The topological polar surface area (TPSA) is 152 Å². The normalized spacial score (nSPS) is 12.4. The molecule has 0 spiro atoms. The molecule has 0 rings (SSSR count). The Labute approximate surface area is 161 Å². The minimum Gasteiger partial charge on any atom is -0.462 e. The van der Waals surface area contributed by atoms with Crippen molar-refractivity contribution in [2.75, 3.05) is 25.8 Å². The number of hydrogen-bond acceptors (Lipinski definition) is 10. The molecule has 0 aliphatic rings. The summed E-state index contributed by atoms with van der Waals surface area (Å²) in [5.74, 6) is -1.38. The number of ether oxygens (including phenoxy) is 2.